The van der Waals surface area contributed by atoms with Crippen LogP contribution in [-0.2, 0) is 0 Å². The summed E-state index contributed by atoms with van der Waals surface area (Å²) in [5.41, 5.74) is -0.527. The predicted molar refractivity (Wildman–Crippen MR) is 44.8 cm³/mol. The van der Waals surface area contributed by atoms with Gasteiger partial charge in [0.1, 0.15) is 0 Å². The summed E-state index contributed by atoms with van der Waals surface area (Å²) in [7, 11) is 0. The van der Waals surface area contributed by atoms with Crippen LogP contribution in [0.4, 0.5) is 0 Å². The van der Waals surface area contributed by atoms with Crippen molar-refractivity contribution >= 4 is 0 Å². The second kappa shape index (κ2) is 3.09. The van der Waals surface area contributed by atoms with Crippen LogP contribution >= 0.6 is 0 Å². The molecule has 1 saturated heterocycles. The maximum atomic E-state index is 9.67. The van der Waals surface area contributed by atoms with E-state index in [0.717, 1.165) is 25.9 Å². The number of hydrogen-bond donors (Lipinski definition) is 2. The van der Waals surface area contributed by atoms with Crippen LogP contribution in [0.15, 0.2) is 0 Å². The molecule has 0 saturated carbocycles. The maximum Gasteiger partial charge on any atom is 0.0620 e. The summed E-state index contributed by atoms with van der Waals surface area (Å²) in [6.45, 7) is 5.58. The number of piperidine rings is 1. The number of rotatable bonds is 1. The first kappa shape index (κ1) is 8.97. The van der Waals surface area contributed by atoms with Gasteiger partial charge in [0.25, 0.3) is 0 Å². The molecule has 0 aliphatic carbocycles. The Morgan fingerprint density at radius 3 is 2.18 bits per heavy atom. The molecule has 0 aromatic carbocycles. The Morgan fingerprint density at radius 2 is 1.82 bits per heavy atom. The van der Waals surface area contributed by atoms with Crippen LogP contribution in [0, 0.1) is 5.92 Å². The summed E-state index contributed by atoms with van der Waals surface area (Å²) >= 11 is 0. The van der Waals surface area contributed by atoms with E-state index in [1.165, 1.54) is 0 Å². The van der Waals surface area contributed by atoms with E-state index in [2.05, 4.69) is 0 Å². The van der Waals surface area contributed by atoms with Gasteiger partial charge in [0.05, 0.1) is 5.60 Å². The topological polar surface area (TPSA) is 49.5 Å². The lowest BCUT2D eigenvalue weighted by Gasteiger charge is -2.35. The van der Waals surface area contributed by atoms with Gasteiger partial charge in [-0.15, -0.1) is 0 Å². The summed E-state index contributed by atoms with van der Waals surface area (Å²) in [5, 5.41) is 11.5. The summed E-state index contributed by atoms with van der Waals surface area (Å²) in [5.74, 6) is 6.01. The van der Waals surface area contributed by atoms with Crippen molar-refractivity contribution in [1.82, 2.24) is 5.01 Å². The van der Waals surface area contributed by atoms with E-state index in [9.17, 15) is 5.11 Å². The summed E-state index contributed by atoms with van der Waals surface area (Å²) in [6.07, 6.45) is 2.03. The summed E-state index contributed by atoms with van der Waals surface area (Å²) in [6, 6.07) is 0. The van der Waals surface area contributed by atoms with Crippen molar-refractivity contribution in [3.8, 4) is 0 Å². The highest BCUT2D eigenvalue weighted by Crippen LogP contribution is 2.26. The maximum absolute atomic E-state index is 9.67. The molecule has 3 nitrogen and oxygen atoms in total. The third-order valence-electron chi connectivity index (χ3n) is 2.53. The number of hydrazine groups is 1. The smallest absolute Gasteiger partial charge is 0.0620 e. The number of aliphatic hydroxyl groups is 1. The van der Waals surface area contributed by atoms with E-state index >= 15 is 0 Å². The van der Waals surface area contributed by atoms with Crippen molar-refractivity contribution in [2.75, 3.05) is 13.1 Å². The highest BCUT2D eigenvalue weighted by Gasteiger charge is 2.29. The van der Waals surface area contributed by atoms with Crippen LogP contribution in [-0.4, -0.2) is 28.8 Å². The molecule has 0 atom stereocenters. The monoisotopic (exact) mass is 158 g/mol. The second-order valence-corrected chi connectivity index (χ2v) is 3.96. The zero-order valence-electron chi connectivity index (χ0n) is 7.38. The molecular weight excluding hydrogens is 140 g/mol. The molecule has 0 unspecified atom stereocenters. The first-order valence-electron chi connectivity index (χ1n) is 4.22. The van der Waals surface area contributed by atoms with Crippen molar-refractivity contribution in [1.29, 1.82) is 0 Å². The van der Waals surface area contributed by atoms with Gasteiger partial charge in [0.15, 0.2) is 0 Å². The molecule has 1 aliphatic heterocycles. The zero-order chi connectivity index (χ0) is 8.48. The lowest BCUT2D eigenvalue weighted by Crippen LogP contribution is -2.44. The quantitative estimate of drug-likeness (QED) is 0.541. The lowest BCUT2D eigenvalue weighted by atomic mass is 9.83. The van der Waals surface area contributed by atoms with Gasteiger partial charge < -0.3 is 5.11 Å². The minimum Gasteiger partial charge on any atom is -0.390 e. The van der Waals surface area contributed by atoms with E-state index in [1.807, 2.05) is 18.9 Å². The minimum atomic E-state index is -0.527. The van der Waals surface area contributed by atoms with Crippen molar-refractivity contribution in [3.63, 3.8) is 0 Å². The average molecular weight is 158 g/mol. The van der Waals surface area contributed by atoms with Gasteiger partial charge >= 0.3 is 0 Å². The first-order valence-corrected chi connectivity index (χ1v) is 4.22. The molecule has 1 heterocycles. The van der Waals surface area contributed by atoms with Gasteiger partial charge in [0, 0.05) is 13.1 Å². The molecule has 0 radical (unpaired) electrons. The Hall–Kier alpha value is -0.120. The minimum absolute atomic E-state index is 0.419. The largest absolute Gasteiger partial charge is 0.390 e. The molecule has 1 rings (SSSR count). The van der Waals surface area contributed by atoms with Crippen molar-refractivity contribution in [3.05, 3.63) is 0 Å². The molecule has 3 heteroatoms. The molecule has 0 bridgehead atoms. The molecule has 0 aromatic rings. The molecule has 0 spiro atoms. The Bertz CT molecular complexity index is 123. The average Bonchev–Trinajstić information content (AvgIpc) is 1.86. The Kier molecular flexibility index (Phi) is 2.52. The SMILES string of the molecule is CC(C)(O)C1CCN(N)CC1. The fraction of sp³-hybridized carbons (Fsp3) is 1.00. The van der Waals surface area contributed by atoms with Crippen molar-refractivity contribution < 1.29 is 5.11 Å². The van der Waals surface area contributed by atoms with Crippen molar-refractivity contribution in [2.45, 2.75) is 32.3 Å². The Balaban J connectivity index is 2.39. The van der Waals surface area contributed by atoms with Crippen molar-refractivity contribution in [2.24, 2.45) is 11.8 Å². The Labute approximate surface area is 68.2 Å². The molecular formula is C8H18N2O. The number of hydrogen-bond acceptors (Lipinski definition) is 3. The highest BCUT2D eigenvalue weighted by atomic mass is 16.3. The van der Waals surface area contributed by atoms with Crippen LogP contribution < -0.4 is 5.84 Å². The third-order valence-corrected chi connectivity index (χ3v) is 2.53. The zero-order valence-corrected chi connectivity index (χ0v) is 7.38. The summed E-state index contributed by atoms with van der Waals surface area (Å²) < 4.78 is 0. The number of nitrogens with two attached hydrogens (primary N) is 1. The second-order valence-electron chi connectivity index (χ2n) is 3.96. The molecule has 0 amide bonds. The lowest BCUT2D eigenvalue weighted by molar-refractivity contribution is -0.0126. The van der Waals surface area contributed by atoms with Crippen LogP contribution in [0.3, 0.4) is 0 Å². The standard InChI is InChI=1S/C8H18N2O/c1-8(2,11)7-3-5-10(9)6-4-7/h7,11H,3-6,9H2,1-2H3. The van der Waals surface area contributed by atoms with Crippen LogP contribution in [0.5, 0.6) is 0 Å². The van der Waals surface area contributed by atoms with Gasteiger partial charge in [-0.1, -0.05) is 0 Å². The van der Waals surface area contributed by atoms with Gasteiger partial charge in [-0.2, -0.15) is 0 Å². The van der Waals surface area contributed by atoms with E-state index in [4.69, 9.17) is 5.84 Å². The first-order chi connectivity index (χ1) is 5.00. The van der Waals surface area contributed by atoms with E-state index in [0.29, 0.717) is 5.92 Å². The highest BCUT2D eigenvalue weighted by molar-refractivity contribution is 4.81. The van der Waals surface area contributed by atoms with Gasteiger partial charge in [-0.05, 0) is 32.6 Å². The Morgan fingerprint density at radius 1 is 1.36 bits per heavy atom. The van der Waals surface area contributed by atoms with Gasteiger partial charge in [0.2, 0.25) is 0 Å². The summed E-state index contributed by atoms with van der Waals surface area (Å²) in [4.78, 5) is 0. The number of nitrogens with zero attached hydrogens (tertiary/aromatic N) is 1. The molecule has 0 aromatic heterocycles. The van der Waals surface area contributed by atoms with Crippen LogP contribution in [0.1, 0.15) is 26.7 Å². The van der Waals surface area contributed by atoms with E-state index in [-0.39, 0.29) is 0 Å². The van der Waals surface area contributed by atoms with Gasteiger partial charge in [-0.3, -0.25) is 5.84 Å². The van der Waals surface area contributed by atoms with E-state index < -0.39 is 5.60 Å². The normalized spacial score (nSPS) is 24.0. The fourth-order valence-corrected chi connectivity index (χ4v) is 1.61. The fourth-order valence-electron chi connectivity index (χ4n) is 1.61. The molecule has 1 aliphatic rings. The predicted octanol–water partition coefficient (Wildman–Crippen LogP) is 0.343. The molecule has 11 heavy (non-hydrogen) atoms. The third kappa shape index (κ3) is 2.43. The van der Waals surface area contributed by atoms with E-state index in [1.54, 1.807) is 0 Å². The molecule has 3 N–H and O–H groups in total. The molecule has 66 valence electrons. The van der Waals surface area contributed by atoms with Crippen LogP contribution in [0.25, 0.3) is 0 Å². The van der Waals surface area contributed by atoms with Crippen LogP contribution in [0.2, 0.25) is 0 Å². The van der Waals surface area contributed by atoms with Gasteiger partial charge in [-0.25, -0.2) is 5.01 Å². The molecule has 1 fully saturated rings.